The van der Waals surface area contributed by atoms with Crippen molar-refractivity contribution in [3.63, 3.8) is 0 Å². The quantitative estimate of drug-likeness (QED) is 0.884. The summed E-state index contributed by atoms with van der Waals surface area (Å²) in [6.45, 7) is -0.292. The fourth-order valence-corrected chi connectivity index (χ4v) is 2.69. The van der Waals surface area contributed by atoms with Crippen molar-refractivity contribution in [1.82, 2.24) is 5.32 Å². The molecule has 1 aromatic rings. The normalized spacial score (nSPS) is 14.1. The summed E-state index contributed by atoms with van der Waals surface area (Å²) in [5.41, 5.74) is 0. The van der Waals surface area contributed by atoms with Crippen molar-refractivity contribution < 1.29 is 18.3 Å². The van der Waals surface area contributed by atoms with Crippen LogP contribution in [0, 0.1) is 0 Å². The predicted molar refractivity (Wildman–Crippen MR) is 60.8 cm³/mol. The molecule has 92 valence electrons. The number of halogens is 5. The van der Waals surface area contributed by atoms with Gasteiger partial charge in [-0.3, -0.25) is 0 Å². The molecule has 1 rings (SSSR count). The largest absolute Gasteiger partial charge is 0.415 e. The molecule has 0 bridgehead atoms. The van der Waals surface area contributed by atoms with Crippen LogP contribution in [-0.2, 0) is 6.54 Å². The standard InChI is InChI=1S/C8H8BrClF3NOS/c9-5-1-4(16-7(5)10)2-14-3-6(15)8(11,12)13/h1,6,14-15H,2-3H2. The lowest BCUT2D eigenvalue weighted by molar-refractivity contribution is -0.201. The molecule has 0 amide bonds. The van der Waals surface area contributed by atoms with Crippen molar-refractivity contribution in [2.24, 2.45) is 0 Å². The summed E-state index contributed by atoms with van der Waals surface area (Å²) in [4.78, 5) is 0.797. The third kappa shape index (κ3) is 4.21. The van der Waals surface area contributed by atoms with Gasteiger partial charge in [0.05, 0.1) is 0 Å². The highest BCUT2D eigenvalue weighted by molar-refractivity contribution is 9.10. The van der Waals surface area contributed by atoms with E-state index in [2.05, 4.69) is 21.2 Å². The van der Waals surface area contributed by atoms with Crippen molar-refractivity contribution >= 4 is 38.9 Å². The molecule has 1 aromatic heterocycles. The monoisotopic (exact) mass is 337 g/mol. The van der Waals surface area contributed by atoms with Gasteiger partial charge in [0.2, 0.25) is 0 Å². The second-order valence-corrected chi connectivity index (χ2v) is 5.62. The van der Waals surface area contributed by atoms with Crippen molar-refractivity contribution in [2.75, 3.05) is 6.54 Å². The zero-order valence-electron chi connectivity index (χ0n) is 7.81. The minimum atomic E-state index is -4.58. The van der Waals surface area contributed by atoms with E-state index < -0.39 is 18.8 Å². The first-order valence-corrected chi connectivity index (χ1v) is 6.18. The first-order valence-electron chi connectivity index (χ1n) is 4.20. The fraction of sp³-hybridized carbons (Fsp3) is 0.500. The molecule has 8 heteroatoms. The molecule has 0 aliphatic rings. The lowest BCUT2D eigenvalue weighted by Crippen LogP contribution is -2.38. The van der Waals surface area contributed by atoms with Gasteiger partial charge in [-0.1, -0.05) is 11.6 Å². The van der Waals surface area contributed by atoms with Crippen LogP contribution in [0.1, 0.15) is 4.88 Å². The smallest absolute Gasteiger partial charge is 0.382 e. The van der Waals surface area contributed by atoms with Gasteiger partial charge >= 0.3 is 6.18 Å². The number of rotatable bonds is 4. The molecule has 1 unspecified atom stereocenters. The molecule has 2 N–H and O–H groups in total. The average Bonchev–Trinajstić information content (AvgIpc) is 2.44. The second kappa shape index (κ2) is 5.68. The van der Waals surface area contributed by atoms with Crippen LogP contribution in [0.25, 0.3) is 0 Å². The molecule has 0 saturated heterocycles. The highest BCUT2D eigenvalue weighted by Gasteiger charge is 2.37. The molecular weight excluding hydrogens is 331 g/mol. The van der Waals surface area contributed by atoms with Crippen LogP contribution in [0.2, 0.25) is 4.34 Å². The summed E-state index contributed by atoms with van der Waals surface area (Å²) in [6, 6.07) is 1.72. The molecule has 1 atom stereocenters. The first-order chi connectivity index (χ1) is 7.30. The molecule has 0 aromatic carbocycles. The van der Waals surface area contributed by atoms with E-state index in [1.165, 1.54) is 11.3 Å². The van der Waals surface area contributed by atoms with E-state index in [9.17, 15) is 13.2 Å². The zero-order chi connectivity index (χ0) is 12.3. The topological polar surface area (TPSA) is 32.3 Å². The van der Waals surface area contributed by atoms with Crippen LogP contribution in [0.5, 0.6) is 0 Å². The number of hydrogen-bond donors (Lipinski definition) is 2. The Kier molecular flexibility index (Phi) is 5.06. The van der Waals surface area contributed by atoms with Gasteiger partial charge in [-0.2, -0.15) is 13.2 Å². The molecule has 0 spiro atoms. The van der Waals surface area contributed by atoms with Crippen LogP contribution < -0.4 is 5.32 Å². The number of aliphatic hydroxyl groups excluding tert-OH is 1. The van der Waals surface area contributed by atoms with Crippen LogP contribution in [0.3, 0.4) is 0 Å². The Bertz CT molecular complexity index is 338. The van der Waals surface area contributed by atoms with Gasteiger partial charge in [-0.25, -0.2) is 0 Å². The van der Waals surface area contributed by atoms with E-state index in [1.807, 2.05) is 0 Å². The lowest BCUT2D eigenvalue weighted by atomic mass is 10.3. The number of thiophene rings is 1. The molecule has 2 nitrogen and oxygen atoms in total. The summed E-state index contributed by atoms with van der Waals surface area (Å²) in [7, 11) is 0. The van der Waals surface area contributed by atoms with Gasteiger partial charge in [0.25, 0.3) is 0 Å². The maximum Gasteiger partial charge on any atom is 0.415 e. The Balaban J connectivity index is 2.36. The minimum Gasteiger partial charge on any atom is -0.382 e. The summed E-state index contributed by atoms with van der Waals surface area (Å²) >= 11 is 10.2. The van der Waals surface area contributed by atoms with Gasteiger partial charge < -0.3 is 10.4 Å². The minimum absolute atomic E-state index is 0.239. The van der Waals surface area contributed by atoms with E-state index in [0.29, 0.717) is 8.81 Å². The molecule has 0 aliphatic carbocycles. The molecule has 0 aliphatic heterocycles. The summed E-state index contributed by atoms with van der Waals surface area (Å²) < 4.78 is 37.0. The Hall–Kier alpha value is 0.180. The Morgan fingerprint density at radius 3 is 2.62 bits per heavy atom. The third-order valence-corrected chi connectivity index (χ3v) is 4.19. The number of aliphatic hydroxyl groups is 1. The van der Waals surface area contributed by atoms with Crippen LogP contribution in [0.4, 0.5) is 13.2 Å². The predicted octanol–water partition coefficient (Wildman–Crippen LogP) is 3.18. The molecule has 16 heavy (non-hydrogen) atoms. The molecule has 0 radical (unpaired) electrons. The number of nitrogens with one attached hydrogen (secondary N) is 1. The Labute approximate surface area is 108 Å². The molecule has 0 saturated carbocycles. The van der Waals surface area contributed by atoms with Crippen LogP contribution >= 0.6 is 38.9 Å². The maximum absolute atomic E-state index is 11.9. The summed E-state index contributed by atoms with van der Waals surface area (Å²) in [6.07, 6.45) is -6.92. The number of alkyl halides is 3. The van der Waals surface area contributed by atoms with E-state index in [-0.39, 0.29) is 6.54 Å². The molecule has 1 heterocycles. The Morgan fingerprint density at radius 1 is 1.56 bits per heavy atom. The highest BCUT2D eigenvalue weighted by Crippen LogP contribution is 2.31. The van der Waals surface area contributed by atoms with E-state index in [4.69, 9.17) is 16.7 Å². The summed E-state index contributed by atoms with van der Waals surface area (Å²) in [5, 5.41) is 11.2. The average molecular weight is 339 g/mol. The highest BCUT2D eigenvalue weighted by atomic mass is 79.9. The van der Waals surface area contributed by atoms with E-state index in [1.54, 1.807) is 6.07 Å². The van der Waals surface area contributed by atoms with Gasteiger partial charge in [0, 0.05) is 22.4 Å². The lowest BCUT2D eigenvalue weighted by Gasteiger charge is -2.14. The summed E-state index contributed by atoms with van der Waals surface area (Å²) in [5.74, 6) is 0. The van der Waals surface area contributed by atoms with Crippen LogP contribution in [0.15, 0.2) is 10.5 Å². The van der Waals surface area contributed by atoms with Gasteiger partial charge in [-0.05, 0) is 22.0 Å². The second-order valence-electron chi connectivity index (χ2n) is 3.02. The maximum atomic E-state index is 11.9. The van der Waals surface area contributed by atoms with Crippen molar-refractivity contribution in [3.8, 4) is 0 Å². The van der Waals surface area contributed by atoms with Gasteiger partial charge in [0.15, 0.2) is 6.10 Å². The zero-order valence-corrected chi connectivity index (χ0v) is 11.0. The van der Waals surface area contributed by atoms with Crippen molar-refractivity contribution in [3.05, 3.63) is 19.8 Å². The molecular formula is C8H8BrClF3NOS. The van der Waals surface area contributed by atoms with E-state index in [0.717, 1.165) is 4.88 Å². The fourth-order valence-electron chi connectivity index (χ4n) is 0.926. The number of hydrogen-bond acceptors (Lipinski definition) is 3. The van der Waals surface area contributed by atoms with Gasteiger partial charge in [-0.15, -0.1) is 11.3 Å². The van der Waals surface area contributed by atoms with Crippen LogP contribution in [-0.4, -0.2) is 23.9 Å². The molecule has 0 fully saturated rings. The Morgan fingerprint density at radius 2 is 2.19 bits per heavy atom. The van der Waals surface area contributed by atoms with Crippen molar-refractivity contribution in [2.45, 2.75) is 18.8 Å². The van der Waals surface area contributed by atoms with E-state index >= 15 is 0 Å². The third-order valence-electron chi connectivity index (χ3n) is 1.71. The van der Waals surface area contributed by atoms with Gasteiger partial charge in [0.1, 0.15) is 4.34 Å². The first kappa shape index (κ1) is 14.2. The van der Waals surface area contributed by atoms with Crippen molar-refractivity contribution in [1.29, 1.82) is 0 Å². The SMILES string of the molecule is OC(CNCc1cc(Br)c(Cl)s1)C(F)(F)F.